The zero-order valence-electron chi connectivity index (χ0n) is 13.5. The number of carbonyl (C=O) groups is 3. The van der Waals surface area contributed by atoms with E-state index in [9.17, 15) is 14.4 Å². The number of para-hydroxylation sites is 1. The molecule has 2 N–H and O–H groups in total. The summed E-state index contributed by atoms with van der Waals surface area (Å²) in [5.41, 5.74) is 0. The van der Waals surface area contributed by atoms with Gasteiger partial charge in [0.25, 0.3) is 5.91 Å². The van der Waals surface area contributed by atoms with Crippen molar-refractivity contribution in [2.75, 3.05) is 12.4 Å². The zero-order valence-corrected chi connectivity index (χ0v) is 15.3. The van der Waals surface area contributed by atoms with Crippen molar-refractivity contribution in [1.29, 1.82) is 0 Å². The van der Waals surface area contributed by atoms with E-state index in [1.165, 1.54) is 16.7 Å². The number of aliphatic carboxylic acids is 1. The second kappa shape index (κ2) is 7.57. The third-order valence-electron chi connectivity index (χ3n) is 3.58. The van der Waals surface area contributed by atoms with Gasteiger partial charge in [0, 0.05) is 5.75 Å². The predicted octanol–water partition coefficient (Wildman–Crippen LogP) is -2.96. The molecule has 2 heterocycles. The number of benzene rings is 1. The molecule has 2 aliphatic heterocycles. The summed E-state index contributed by atoms with van der Waals surface area (Å²) in [6.45, 7) is -0.185. The minimum atomic E-state index is -1.03. The van der Waals surface area contributed by atoms with Gasteiger partial charge in [0.15, 0.2) is 12.0 Å². The minimum Gasteiger partial charge on any atom is -1.00 e. The number of carboxylic acids is 1. The van der Waals surface area contributed by atoms with Crippen molar-refractivity contribution in [2.24, 2.45) is 0 Å². The largest absolute Gasteiger partial charge is 1.00 e. The van der Waals surface area contributed by atoms with Crippen molar-refractivity contribution in [3.63, 3.8) is 0 Å². The molecule has 2 fully saturated rings. The Bertz CT molecular complexity index is 620. The van der Waals surface area contributed by atoms with E-state index in [1.807, 2.05) is 6.07 Å². The normalized spacial score (nSPS) is 25.0. The van der Waals surface area contributed by atoms with Crippen LogP contribution < -0.4 is 39.6 Å². The number of hydrogen-bond donors (Lipinski definition) is 2. The molecule has 0 bridgehead atoms. The van der Waals surface area contributed by atoms with Crippen molar-refractivity contribution in [1.82, 2.24) is 10.2 Å². The number of carbonyl (C=O) groups excluding carboxylic acids is 2. The van der Waals surface area contributed by atoms with Crippen LogP contribution in [0, 0.1) is 0 Å². The van der Waals surface area contributed by atoms with Gasteiger partial charge in [-0.05, 0) is 12.1 Å². The Balaban J connectivity index is 0.00000144. The van der Waals surface area contributed by atoms with E-state index in [0.717, 1.165) is 0 Å². The molecule has 2 amide bonds. The van der Waals surface area contributed by atoms with Gasteiger partial charge in [-0.15, -0.1) is 11.8 Å². The Labute approximate surface area is 160 Å². The molecule has 118 valence electrons. The number of rotatable bonds is 5. The molecule has 1 aromatic carbocycles. The summed E-state index contributed by atoms with van der Waals surface area (Å²) in [5, 5.41) is 10.8. The zero-order chi connectivity index (χ0) is 15.7. The molecular formula is C14H15N2NaO5S. The summed E-state index contributed by atoms with van der Waals surface area (Å²) in [6, 6.07) is 7.99. The quantitative estimate of drug-likeness (QED) is 0.437. The monoisotopic (exact) mass is 346 g/mol. The van der Waals surface area contributed by atoms with Crippen molar-refractivity contribution in [3.05, 3.63) is 30.3 Å². The second-order valence-electron chi connectivity index (χ2n) is 4.98. The van der Waals surface area contributed by atoms with Crippen molar-refractivity contribution in [3.8, 4) is 5.75 Å². The predicted molar refractivity (Wildman–Crippen MR) is 79.5 cm³/mol. The molecule has 23 heavy (non-hydrogen) atoms. The van der Waals surface area contributed by atoms with Crippen LogP contribution in [0.3, 0.4) is 0 Å². The molecule has 2 saturated heterocycles. The third-order valence-corrected chi connectivity index (χ3v) is 4.86. The fourth-order valence-corrected chi connectivity index (χ4v) is 3.83. The average Bonchev–Trinajstić information content (AvgIpc) is 2.92. The van der Waals surface area contributed by atoms with Crippen LogP contribution in [0.5, 0.6) is 5.75 Å². The number of thioether (sulfide) groups is 1. The topological polar surface area (TPSA) is 95.9 Å². The number of hydrogen-bond acceptors (Lipinski definition) is 5. The number of ether oxygens (including phenoxy) is 1. The molecule has 7 nitrogen and oxygen atoms in total. The van der Waals surface area contributed by atoms with E-state index in [1.54, 1.807) is 24.3 Å². The van der Waals surface area contributed by atoms with Gasteiger partial charge in [0.05, 0.1) is 6.04 Å². The first-order valence-corrected chi connectivity index (χ1v) is 7.76. The van der Waals surface area contributed by atoms with Crippen LogP contribution in [0.4, 0.5) is 0 Å². The maximum absolute atomic E-state index is 12.0. The minimum absolute atomic E-state index is 0. The van der Waals surface area contributed by atoms with Crippen LogP contribution in [-0.4, -0.2) is 57.6 Å². The molecule has 2 unspecified atom stereocenters. The fourth-order valence-electron chi connectivity index (χ4n) is 2.53. The van der Waals surface area contributed by atoms with Gasteiger partial charge in [-0.25, -0.2) is 4.79 Å². The number of amides is 2. The summed E-state index contributed by atoms with van der Waals surface area (Å²) in [7, 11) is 0. The van der Waals surface area contributed by atoms with Crippen molar-refractivity contribution in [2.45, 2.75) is 17.5 Å². The van der Waals surface area contributed by atoms with Crippen LogP contribution in [0.1, 0.15) is 1.43 Å². The van der Waals surface area contributed by atoms with Gasteiger partial charge in [0.2, 0.25) is 5.91 Å². The van der Waals surface area contributed by atoms with Crippen LogP contribution >= 0.6 is 11.8 Å². The van der Waals surface area contributed by atoms with E-state index in [2.05, 4.69) is 5.32 Å². The molecule has 0 radical (unpaired) electrons. The van der Waals surface area contributed by atoms with Crippen LogP contribution in [0.25, 0.3) is 0 Å². The Hall–Kier alpha value is -1.22. The SMILES string of the molecule is O=C(COc1ccccc1)N[C@H]1C(=O)N2C(C(=O)O)SCC12.[H-].[Na+]. The molecular weight excluding hydrogens is 331 g/mol. The van der Waals surface area contributed by atoms with Gasteiger partial charge in [-0.3, -0.25) is 9.59 Å². The van der Waals surface area contributed by atoms with Gasteiger partial charge >= 0.3 is 35.5 Å². The number of fused-ring (bicyclic) bond motifs is 1. The van der Waals surface area contributed by atoms with E-state index in [-0.39, 0.29) is 49.5 Å². The number of nitrogens with one attached hydrogen (secondary N) is 1. The summed E-state index contributed by atoms with van der Waals surface area (Å²) in [6.07, 6.45) is 0. The third kappa shape index (κ3) is 3.65. The van der Waals surface area contributed by atoms with Gasteiger partial charge in [-0.2, -0.15) is 0 Å². The van der Waals surface area contributed by atoms with E-state index in [0.29, 0.717) is 11.5 Å². The Morgan fingerprint density at radius 3 is 2.74 bits per heavy atom. The summed E-state index contributed by atoms with van der Waals surface area (Å²) < 4.78 is 5.31. The first-order valence-electron chi connectivity index (χ1n) is 6.72. The summed E-state index contributed by atoms with van der Waals surface area (Å²) in [5.74, 6) is -0.701. The average molecular weight is 346 g/mol. The Morgan fingerprint density at radius 2 is 2.09 bits per heavy atom. The molecule has 0 aliphatic carbocycles. The molecule has 1 aromatic rings. The molecule has 0 aromatic heterocycles. The smallest absolute Gasteiger partial charge is 1.00 e. The summed E-state index contributed by atoms with van der Waals surface area (Å²) >= 11 is 1.20. The Morgan fingerprint density at radius 1 is 1.39 bits per heavy atom. The van der Waals surface area contributed by atoms with Crippen LogP contribution in [0.15, 0.2) is 30.3 Å². The standard InChI is InChI=1S/C14H14N2O5S.Na.H/c17-10(6-21-8-4-2-1-3-5-8)15-11-9-7-22-13(14(19)20)16(9)12(11)18;;/h1-5,9,11,13H,6-7H2,(H,15,17)(H,19,20);;/q;+1;-1/t9?,11-,13?;;/m1../s1. The molecule has 3 atom stereocenters. The Kier molecular flexibility index (Phi) is 5.96. The molecule has 9 heteroatoms. The molecule has 0 spiro atoms. The number of nitrogens with zero attached hydrogens (tertiary/aromatic N) is 1. The van der Waals surface area contributed by atoms with E-state index in [4.69, 9.17) is 9.84 Å². The van der Waals surface area contributed by atoms with Crippen molar-refractivity contribution < 1.29 is 55.2 Å². The molecule has 0 saturated carbocycles. The van der Waals surface area contributed by atoms with Crippen LogP contribution in [0.2, 0.25) is 0 Å². The maximum atomic E-state index is 12.0. The molecule has 2 aliphatic rings. The van der Waals surface area contributed by atoms with Gasteiger partial charge in [-0.1, -0.05) is 18.2 Å². The first kappa shape index (κ1) is 18.1. The number of carboxylic acid groups (broad SMARTS) is 1. The number of β-lactam (4-membered cyclic amide) rings is 1. The van der Waals surface area contributed by atoms with Crippen LogP contribution in [-0.2, 0) is 14.4 Å². The first-order chi connectivity index (χ1) is 10.6. The molecule has 3 rings (SSSR count). The summed E-state index contributed by atoms with van der Waals surface area (Å²) in [4.78, 5) is 36.1. The van der Waals surface area contributed by atoms with E-state index >= 15 is 0 Å². The van der Waals surface area contributed by atoms with Gasteiger partial charge in [0.1, 0.15) is 11.8 Å². The fraction of sp³-hybridized carbons (Fsp3) is 0.357. The second-order valence-corrected chi connectivity index (χ2v) is 6.10. The van der Waals surface area contributed by atoms with E-state index < -0.39 is 23.3 Å². The van der Waals surface area contributed by atoms with Gasteiger partial charge < -0.3 is 21.5 Å². The maximum Gasteiger partial charge on any atom is 1.00 e. The van der Waals surface area contributed by atoms with Crippen molar-refractivity contribution >= 4 is 29.5 Å².